The van der Waals surface area contributed by atoms with Gasteiger partial charge in [0.2, 0.25) is 5.95 Å². The minimum absolute atomic E-state index is 0.0116. The average Bonchev–Trinajstić information content (AvgIpc) is 2.77. The Bertz CT molecular complexity index is 1360. The topological polar surface area (TPSA) is 100 Å². The van der Waals surface area contributed by atoms with Crippen molar-refractivity contribution in [2.24, 2.45) is 0 Å². The fourth-order valence-corrected chi connectivity index (χ4v) is 3.45. The number of aromatic nitrogens is 3. The van der Waals surface area contributed by atoms with Crippen LogP contribution in [0.25, 0.3) is 28.0 Å². The van der Waals surface area contributed by atoms with Gasteiger partial charge in [0, 0.05) is 28.1 Å². The van der Waals surface area contributed by atoms with Crippen LogP contribution in [-0.4, -0.2) is 44.0 Å². The molecule has 7 nitrogen and oxygen atoms in total. The van der Waals surface area contributed by atoms with E-state index in [0.717, 1.165) is 16.7 Å². The van der Waals surface area contributed by atoms with Gasteiger partial charge in [-0.2, -0.15) is 4.98 Å². The van der Waals surface area contributed by atoms with E-state index < -0.39 is 36.4 Å². The van der Waals surface area contributed by atoms with E-state index in [0.29, 0.717) is 27.7 Å². The number of benzene rings is 2. The van der Waals surface area contributed by atoms with Crippen molar-refractivity contribution in [3.8, 4) is 16.9 Å². The first-order valence-electron chi connectivity index (χ1n) is 9.54. The van der Waals surface area contributed by atoms with E-state index in [1.54, 1.807) is 24.3 Å². The number of anilines is 1. The Labute approximate surface area is 185 Å². The Morgan fingerprint density at radius 1 is 1.03 bits per heavy atom. The van der Waals surface area contributed by atoms with Crippen molar-refractivity contribution < 1.29 is 19.0 Å². The third kappa shape index (κ3) is 4.18. The van der Waals surface area contributed by atoms with Crippen LogP contribution in [0.5, 0.6) is 0 Å². The molecule has 32 heavy (non-hydrogen) atoms. The van der Waals surface area contributed by atoms with Crippen molar-refractivity contribution >= 4 is 28.6 Å². The number of hydrogen-bond acceptors (Lipinski definition) is 6. The van der Waals surface area contributed by atoms with Crippen molar-refractivity contribution in [1.29, 1.82) is 0 Å². The minimum atomic E-state index is -0.944. The maximum Gasteiger partial charge on any atom is 0.256 e. The highest BCUT2D eigenvalue weighted by Gasteiger charge is 2.18. The smallest absolute Gasteiger partial charge is 0.256 e. The van der Waals surface area contributed by atoms with Gasteiger partial charge in [-0.05, 0) is 30.3 Å². The van der Waals surface area contributed by atoms with Crippen LogP contribution in [0.15, 0.2) is 59.4 Å². The second-order valence-electron chi connectivity index (χ2n) is 6.95. The van der Waals surface area contributed by atoms with Gasteiger partial charge >= 0.3 is 0 Å². The van der Waals surface area contributed by atoms with E-state index in [2.05, 4.69) is 15.3 Å². The van der Waals surface area contributed by atoms with Crippen LogP contribution >= 0.6 is 11.6 Å². The lowest BCUT2D eigenvalue weighted by atomic mass is 10.1. The van der Waals surface area contributed by atoms with Gasteiger partial charge in [0.25, 0.3) is 5.56 Å². The molecule has 0 aliphatic carbocycles. The Morgan fingerprint density at radius 3 is 2.50 bits per heavy atom. The summed E-state index contributed by atoms with van der Waals surface area (Å²) in [4.78, 5) is 21.6. The van der Waals surface area contributed by atoms with E-state index in [1.807, 2.05) is 0 Å². The van der Waals surface area contributed by atoms with E-state index in [9.17, 15) is 23.8 Å². The minimum Gasteiger partial charge on any atom is -0.394 e. The van der Waals surface area contributed by atoms with Gasteiger partial charge in [0.15, 0.2) is 5.65 Å². The number of nitrogens with one attached hydrogen (secondary N) is 1. The molecule has 164 valence electrons. The maximum absolute atomic E-state index is 14.6. The molecule has 0 saturated heterocycles. The first-order valence-corrected chi connectivity index (χ1v) is 9.92. The molecule has 0 amide bonds. The molecular formula is C22H17ClF2N4O3. The van der Waals surface area contributed by atoms with E-state index >= 15 is 0 Å². The lowest BCUT2D eigenvalue weighted by Gasteiger charge is -2.17. The van der Waals surface area contributed by atoms with Crippen molar-refractivity contribution in [3.05, 3.63) is 81.6 Å². The van der Waals surface area contributed by atoms with Crippen molar-refractivity contribution in [1.82, 2.24) is 14.5 Å². The summed E-state index contributed by atoms with van der Waals surface area (Å²) in [5.74, 6) is -1.74. The number of pyridine rings is 1. The molecule has 0 radical (unpaired) electrons. The van der Waals surface area contributed by atoms with Crippen LogP contribution < -0.4 is 10.9 Å². The zero-order chi connectivity index (χ0) is 22.8. The first kappa shape index (κ1) is 21.8. The monoisotopic (exact) mass is 458 g/mol. The molecule has 2 heterocycles. The molecule has 0 saturated carbocycles. The second kappa shape index (κ2) is 8.99. The molecule has 2 aromatic heterocycles. The molecule has 10 heteroatoms. The molecule has 0 fully saturated rings. The molecule has 2 aromatic carbocycles. The van der Waals surface area contributed by atoms with Gasteiger partial charge in [0.1, 0.15) is 11.6 Å². The summed E-state index contributed by atoms with van der Waals surface area (Å²) in [5.41, 5.74) is 0.244. The van der Waals surface area contributed by atoms with Crippen LogP contribution in [0.3, 0.4) is 0 Å². The molecule has 0 spiro atoms. The SMILES string of the molecule is O=c1ccc2c(-c3cccc(Cl)c3)nc(NC(CO)CO)nc2n1-c1ccc(F)cc1F. The number of halogens is 3. The van der Waals surface area contributed by atoms with E-state index in [1.165, 1.54) is 12.1 Å². The standard InChI is InChI=1S/C22H17ClF2N4O3/c23-13-3-1-2-12(8-13)20-16-5-7-19(32)29(18-6-4-14(24)9-17(18)25)21(16)28-22(27-20)26-15(10-30)11-31/h1-9,15,30-31H,10-11H2,(H,26,27,28). The van der Waals surface area contributed by atoms with Crippen molar-refractivity contribution in [3.63, 3.8) is 0 Å². The number of aliphatic hydroxyl groups excluding tert-OH is 2. The molecule has 0 aliphatic heterocycles. The van der Waals surface area contributed by atoms with E-state index in [-0.39, 0.29) is 17.3 Å². The van der Waals surface area contributed by atoms with Crippen LogP contribution in [0.1, 0.15) is 0 Å². The van der Waals surface area contributed by atoms with Crippen LogP contribution in [0.4, 0.5) is 14.7 Å². The summed E-state index contributed by atoms with van der Waals surface area (Å²) in [6.07, 6.45) is 0. The van der Waals surface area contributed by atoms with Crippen molar-refractivity contribution in [2.75, 3.05) is 18.5 Å². The van der Waals surface area contributed by atoms with Crippen LogP contribution in [0.2, 0.25) is 5.02 Å². The highest BCUT2D eigenvalue weighted by molar-refractivity contribution is 6.30. The summed E-state index contributed by atoms with van der Waals surface area (Å²) in [5, 5.41) is 22.5. The summed E-state index contributed by atoms with van der Waals surface area (Å²) >= 11 is 6.14. The van der Waals surface area contributed by atoms with Gasteiger partial charge in [-0.3, -0.25) is 9.36 Å². The molecule has 4 aromatic rings. The zero-order valence-electron chi connectivity index (χ0n) is 16.5. The van der Waals surface area contributed by atoms with Gasteiger partial charge in [-0.25, -0.2) is 13.8 Å². The second-order valence-corrected chi connectivity index (χ2v) is 7.39. The predicted octanol–water partition coefficient (Wildman–Crippen LogP) is 3.14. The maximum atomic E-state index is 14.6. The Kier molecular flexibility index (Phi) is 6.13. The molecule has 0 bridgehead atoms. The quantitative estimate of drug-likeness (QED) is 0.410. The van der Waals surface area contributed by atoms with Gasteiger partial charge in [-0.1, -0.05) is 23.7 Å². The molecule has 0 aliphatic rings. The Hall–Kier alpha value is -3.40. The number of rotatable bonds is 6. The molecule has 4 rings (SSSR count). The fourth-order valence-electron chi connectivity index (χ4n) is 3.26. The third-order valence-electron chi connectivity index (χ3n) is 4.77. The lowest BCUT2D eigenvalue weighted by Crippen LogP contribution is -2.29. The van der Waals surface area contributed by atoms with Crippen molar-refractivity contribution in [2.45, 2.75) is 6.04 Å². The fraction of sp³-hybridized carbons (Fsp3) is 0.136. The number of aliphatic hydroxyl groups is 2. The summed E-state index contributed by atoms with van der Waals surface area (Å²) in [6, 6.07) is 11.6. The summed E-state index contributed by atoms with van der Waals surface area (Å²) < 4.78 is 29.1. The first-order chi connectivity index (χ1) is 15.4. The molecule has 0 unspecified atom stereocenters. The highest BCUT2D eigenvalue weighted by atomic mass is 35.5. The normalized spacial score (nSPS) is 11.3. The Morgan fingerprint density at radius 2 is 1.81 bits per heavy atom. The third-order valence-corrected chi connectivity index (χ3v) is 5.01. The van der Waals surface area contributed by atoms with Gasteiger partial charge < -0.3 is 15.5 Å². The average molecular weight is 459 g/mol. The largest absolute Gasteiger partial charge is 0.394 e. The lowest BCUT2D eigenvalue weighted by molar-refractivity contribution is 0.203. The van der Waals surface area contributed by atoms with Crippen LogP contribution in [0, 0.1) is 11.6 Å². The van der Waals surface area contributed by atoms with Gasteiger partial charge in [-0.15, -0.1) is 0 Å². The predicted molar refractivity (Wildman–Crippen MR) is 117 cm³/mol. The highest BCUT2D eigenvalue weighted by Crippen LogP contribution is 2.30. The number of fused-ring (bicyclic) bond motifs is 1. The number of nitrogens with zero attached hydrogens (tertiary/aromatic N) is 3. The molecule has 0 atom stereocenters. The van der Waals surface area contributed by atoms with Gasteiger partial charge in [0.05, 0.1) is 30.6 Å². The summed E-state index contributed by atoms with van der Waals surface area (Å²) in [7, 11) is 0. The zero-order valence-corrected chi connectivity index (χ0v) is 17.2. The van der Waals surface area contributed by atoms with Crippen LogP contribution in [-0.2, 0) is 0 Å². The molecular weight excluding hydrogens is 442 g/mol. The Balaban J connectivity index is 2.06. The number of hydrogen-bond donors (Lipinski definition) is 3. The summed E-state index contributed by atoms with van der Waals surface area (Å²) in [6.45, 7) is -0.808. The molecule has 3 N–H and O–H groups in total. The van der Waals surface area contributed by atoms with E-state index in [4.69, 9.17) is 11.6 Å².